The van der Waals surface area contributed by atoms with E-state index >= 15 is 0 Å². The summed E-state index contributed by atoms with van der Waals surface area (Å²) in [7, 11) is 1.54. The van der Waals surface area contributed by atoms with Crippen molar-refractivity contribution in [2.24, 2.45) is 0 Å². The molecule has 8 heteroatoms. The second-order valence-electron chi connectivity index (χ2n) is 6.46. The topological polar surface area (TPSA) is 58.6 Å². The van der Waals surface area contributed by atoms with E-state index in [2.05, 4.69) is 9.97 Å². The summed E-state index contributed by atoms with van der Waals surface area (Å²) in [4.78, 5) is 23.8. The minimum atomic E-state index is -2.66. The number of alkyl halides is 2. The summed E-state index contributed by atoms with van der Waals surface area (Å²) in [6.45, 7) is 1.20. The molecule has 0 N–H and O–H groups in total. The van der Waals surface area contributed by atoms with Crippen molar-refractivity contribution < 1.29 is 18.3 Å². The van der Waals surface area contributed by atoms with Crippen LogP contribution in [0.3, 0.4) is 0 Å². The van der Waals surface area contributed by atoms with Gasteiger partial charge in [-0.15, -0.1) is 0 Å². The first kappa shape index (κ1) is 17.2. The Morgan fingerprint density at radius 2 is 2.17 bits per heavy atom. The molecule has 0 aliphatic carbocycles. The zero-order valence-electron chi connectivity index (χ0n) is 13.7. The summed E-state index contributed by atoms with van der Waals surface area (Å²) < 4.78 is 32.7. The first-order chi connectivity index (χ1) is 11.5. The molecule has 132 valence electrons. The number of hydrogen-bond donors (Lipinski definition) is 0. The van der Waals surface area contributed by atoms with Crippen molar-refractivity contribution in [3.63, 3.8) is 0 Å². The summed E-state index contributed by atoms with van der Waals surface area (Å²) in [6, 6.07) is 1.40. The van der Waals surface area contributed by atoms with Gasteiger partial charge in [-0.25, -0.2) is 18.7 Å². The van der Waals surface area contributed by atoms with Crippen molar-refractivity contribution >= 4 is 5.91 Å². The van der Waals surface area contributed by atoms with E-state index in [4.69, 9.17) is 4.74 Å². The van der Waals surface area contributed by atoms with E-state index in [1.165, 1.54) is 19.6 Å². The first-order valence-corrected chi connectivity index (χ1v) is 8.18. The lowest BCUT2D eigenvalue weighted by Gasteiger charge is -2.38. The van der Waals surface area contributed by atoms with Crippen LogP contribution >= 0.6 is 0 Å². The van der Waals surface area contributed by atoms with Crippen LogP contribution in [0.15, 0.2) is 18.6 Å². The monoisotopic (exact) mass is 340 g/mol. The van der Waals surface area contributed by atoms with Gasteiger partial charge in [-0.1, -0.05) is 0 Å². The Balaban J connectivity index is 1.59. The fourth-order valence-corrected chi connectivity index (χ4v) is 3.68. The maximum Gasteiger partial charge on any atom is 0.272 e. The third-order valence-electron chi connectivity index (χ3n) is 4.80. The highest BCUT2D eigenvalue weighted by Gasteiger charge is 2.47. The van der Waals surface area contributed by atoms with Gasteiger partial charge in [0.25, 0.3) is 11.8 Å². The van der Waals surface area contributed by atoms with Crippen LogP contribution in [0.4, 0.5) is 8.78 Å². The molecule has 0 spiro atoms. The van der Waals surface area contributed by atoms with Gasteiger partial charge in [-0.3, -0.25) is 9.69 Å². The number of piperidine rings is 1. The predicted octanol–water partition coefficient (Wildman–Crippen LogP) is 1.44. The molecule has 3 heterocycles. The van der Waals surface area contributed by atoms with Crippen molar-refractivity contribution in [2.45, 2.75) is 37.3 Å². The van der Waals surface area contributed by atoms with Crippen LogP contribution in [0.25, 0.3) is 0 Å². The van der Waals surface area contributed by atoms with Crippen molar-refractivity contribution in [1.82, 2.24) is 19.8 Å². The highest BCUT2D eigenvalue weighted by Crippen LogP contribution is 2.35. The van der Waals surface area contributed by atoms with Gasteiger partial charge < -0.3 is 9.64 Å². The van der Waals surface area contributed by atoms with Crippen LogP contribution in [-0.2, 0) is 4.74 Å². The number of ether oxygens (including phenoxy) is 1. The van der Waals surface area contributed by atoms with E-state index in [0.717, 1.165) is 0 Å². The summed E-state index contributed by atoms with van der Waals surface area (Å²) in [5.74, 6) is -2.78. The lowest BCUT2D eigenvalue weighted by Crippen LogP contribution is -2.49. The zero-order chi connectivity index (χ0) is 17.2. The Morgan fingerprint density at radius 3 is 2.79 bits per heavy atom. The Kier molecular flexibility index (Phi) is 5.05. The van der Waals surface area contributed by atoms with Gasteiger partial charge in [0.05, 0.1) is 13.2 Å². The van der Waals surface area contributed by atoms with Gasteiger partial charge in [0.2, 0.25) is 0 Å². The predicted molar refractivity (Wildman–Crippen MR) is 82.9 cm³/mol. The number of methoxy groups -OCH3 is 1. The van der Waals surface area contributed by atoms with Crippen molar-refractivity contribution in [1.29, 1.82) is 0 Å². The SMILES string of the molecule is COC[C@@H]1CC(F)(F)CN1C1CCN(C(=O)c2ccncn2)CC1. The highest BCUT2D eigenvalue weighted by molar-refractivity contribution is 5.92. The van der Waals surface area contributed by atoms with Crippen molar-refractivity contribution in [2.75, 3.05) is 33.4 Å². The lowest BCUT2D eigenvalue weighted by molar-refractivity contribution is 0.00283. The van der Waals surface area contributed by atoms with E-state index < -0.39 is 5.92 Å². The Hall–Kier alpha value is -1.67. The quantitative estimate of drug-likeness (QED) is 0.830. The van der Waals surface area contributed by atoms with Crippen LogP contribution in [0.2, 0.25) is 0 Å². The number of halogens is 2. The van der Waals surface area contributed by atoms with Crippen LogP contribution in [-0.4, -0.2) is 77.0 Å². The molecule has 0 unspecified atom stereocenters. The number of rotatable bonds is 4. The van der Waals surface area contributed by atoms with E-state index in [1.54, 1.807) is 11.0 Å². The molecule has 2 aliphatic rings. The van der Waals surface area contributed by atoms with Crippen LogP contribution in [0, 0.1) is 0 Å². The average Bonchev–Trinajstić information content (AvgIpc) is 2.90. The second kappa shape index (κ2) is 7.06. The molecule has 0 radical (unpaired) electrons. The molecule has 6 nitrogen and oxygen atoms in total. The molecule has 2 fully saturated rings. The second-order valence-corrected chi connectivity index (χ2v) is 6.46. The molecule has 1 amide bonds. The number of hydrogen-bond acceptors (Lipinski definition) is 5. The van der Waals surface area contributed by atoms with Gasteiger partial charge in [-0.05, 0) is 18.9 Å². The van der Waals surface area contributed by atoms with E-state index in [1.807, 2.05) is 4.90 Å². The average molecular weight is 340 g/mol. The standard InChI is InChI=1S/C16H22F2N4O2/c1-24-9-13-8-16(17,18)10-22(13)12-3-6-21(7-4-12)15(23)14-2-5-19-11-20-14/h2,5,11-13H,3-4,6-10H2,1H3/t13-/m0/s1. The molecular weight excluding hydrogens is 318 g/mol. The van der Waals surface area contributed by atoms with E-state index in [0.29, 0.717) is 38.2 Å². The Bertz CT molecular complexity index is 564. The van der Waals surface area contributed by atoms with Crippen LogP contribution in [0.5, 0.6) is 0 Å². The number of carbonyl (C=O) groups excluding carboxylic acids is 1. The molecule has 1 atom stereocenters. The molecule has 0 saturated carbocycles. The molecule has 2 saturated heterocycles. The largest absolute Gasteiger partial charge is 0.383 e. The number of aromatic nitrogens is 2. The van der Waals surface area contributed by atoms with Gasteiger partial charge in [0, 0.05) is 44.9 Å². The minimum Gasteiger partial charge on any atom is -0.383 e. The molecule has 0 aromatic carbocycles. The summed E-state index contributed by atoms with van der Waals surface area (Å²) >= 11 is 0. The number of likely N-dealkylation sites (tertiary alicyclic amines) is 2. The van der Waals surface area contributed by atoms with Crippen molar-refractivity contribution in [3.8, 4) is 0 Å². The molecular formula is C16H22F2N4O2. The molecule has 24 heavy (non-hydrogen) atoms. The molecule has 1 aromatic heterocycles. The number of amides is 1. The number of nitrogens with zero attached hydrogens (tertiary/aromatic N) is 4. The third-order valence-corrected chi connectivity index (χ3v) is 4.80. The van der Waals surface area contributed by atoms with Gasteiger partial charge in [-0.2, -0.15) is 0 Å². The van der Waals surface area contributed by atoms with Gasteiger partial charge in [0.1, 0.15) is 12.0 Å². The Labute approximate surface area is 139 Å². The fourth-order valence-electron chi connectivity index (χ4n) is 3.68. The van der Waals surface area contributed by atoms with Crippen LogP contribution < -0.4 is 0 Å². The zero-order valence-corrected chi connectivity index (χ0v) is 13.7. The molecule has 3 rings (SSSR count). The summed E-state index contributed by atoms with van der Waals surface area (Å²) in [5.41, 5.74) is 0.369. The normalized spacial score (nSPS) is 25.1. The van der Waals surface area contributed by atoms with Gasteiger partial charge >= 0.3 is 0 Å². The molecule has 2 aliphatic heterocycles. The van der Waals surface area contributed by atoms with Crippen molar-refractivity contribution in [3.05, 3.63) is 24.3 Å². The summed E-state index contributed by atoms with van der Waals surface area (Å²) in [6.07, 6.45) is 4.11. The fraction of sp³-hybridized carbons (Fsp3) is 0.688. The first-order valence-electron chi connectivity index (χ1n) is 8.18. The molecule has 1 aromatic rings. The summed E-state index contributed by atoms with van der Waals surface area (Å²) in [5, 5.41) is 0. The minimum absolute atomic E-state index is 0.0629. The third kappa shape index (κ3) is 3.70. The van der Waals surface area contributed by atoms with E-state index in [9.17, 15) is 13.6 Å². The Morgan fingerprint density at radius 1 is 1.42 bits per heavy atom. The maximum absolute atomic E-state index is 13.8. The smallest absolute Gasteiger partial charge is 0.272 e. The maximum atomic E-state index is 13.8. The van der Waals surface area contributed by atoms with E-state index in [-0.39, 0.29) is 31.0 Å². The highest BCUT2D eigenvalue weighted by atomic mass is 19.3. The molecule has 0 bridgehead atoms. The van der Waals surface area contributed by atoms with Gasteiger partial charge in [0.15, 0.2) is 0 Å². The lowest BCUT2D eigenvalue weighted by atomic mass is 10.0. The number of carbonyl (C=O) groups is 1. The van der Waals surface area contributed by atoms with Crippen LogP contribution in [0.1, 0.15) is 29.8 Å².